The maximum atomic E-state index is 13.1. The Morgan fingerprint density at radius 3 is 1.85 bits per heavy atom. The third kappa shape index (κ3) is 4.31. The minimum absolute atomic E-state index is 0.248. The van der Waals surface area contributed by atoms with Crippen LogP contribution in [0.4, 0.5) is 5.69 Å². The summed E-state index contributed by atoms with van der Waals surface area (Å²) in [6, 6.07) is 15.0. The van der Waals surface area contributed by atoms with Crippen molar-refractivity contribution in [3.8, 4) is 0 Å². The van der Waals surface area contributed by atoms with Gasteiger partial charge in [-0.3, -0.25) is 9.59 Å². The van der Waals surface area contributed by atoms with Crippen molar-refractivity contribution < 1.29 is 14.3 Å². The number of rotatable bonds is 6. The Balaban J connectivity index is 2.45. The van der Waals surface area contributed by atoms with E-state index < -0.39 is 11.9 Å². The first-order valence-corrected chi connectivity index (χ1v) is 8.93. The van der Waals surface area contributed by atoms with Crippen molar-refractivity contribution in [2.75, 3.05) is 12.4 Å². The van der Waals surface area contributed by atoms with Crippen molar-refractivity contribution in [2.45, 2.75) is 45.4 Å². The second-order valence-corrected chi connectivity index (χ2v) is 6.98. The molecule has 4 nitrogen and oxygen atoms in total. The third-order valence-electron chi connectivity index (χ3n) is 4.45. The predicted octanol–water partition coefficient (Wildman–Crippen LogP) is 4.83. The number of carbonyl (C=O) groups excluding carboxylic acids is 2. The summed E-state index contributed by atoms with van der Waals surface area (Å²) >= 11 is 0. The van der Waals surface area contributed by atoms with Crippen molar-refractivity contribution in [1.82, 2.24) is 0 Å². The number of amides is 1. The summed E-state index contributed by atoms with van der Waals surface area (Å²) in [6.45, 7) is 8.35. The maximum Gasteiger partial charge on any atom is 0.322 e. The van der Waals surface area contributed by atoms with Gasteiger partial charge >= 0.3 is 5.97 Å². The molecule has 0 fully saturated rings. The lowest BCUT2D eigenvalue weighted by atomic mass is 9.91. The van der Waals surface area contributed by atoms with Crippen LogP contribution in [0.15, 0.2) is 48.5 Å². The Bertz CT molecular complexity index is 740. The van der Waals surface area contributed by atoms with Crippen LogP contribution >= 0.6 is 0 Å². The van der Waals surface area contributed by atoms with Crippen LogP contribution in [0.1, 0.15) is 62.1 Å². The van der Waals surface area contributed by atoms with Crippen LogP contribution in [0.25, 0.3) is 0 Å². The summed E-state index contributed by atoms with van der Waals surface area (Å²) in [5, 5.41) is 3.02. The van der Waals surface area contributed by atoms with E-state index >= 15 is 0 Å². The number of para-hydroxylation sites is 1. The van der Waals surface area contributed by atoms with Gasteiger partial charge in [-0.1, -0.05) is 76.2 Å². The first kappa shape index (κ1) is 19.7. The standard InChI is InChI=1S/C22H27NO3/c1-14(2)17-12-9-13-18(15(3)4)20(17)23-21(24)19(22(25)26-5)16-10-7-6-8-11-16/h6-15,19H,1-5H3,(H,23,24). The van der Waals surface area contributed by atoms with Crippen molar-refractivity contribution in [2.24, 2.45) is 0 Å². The van der Waals surface area contributed by atoms with Crippen molar-refractivity contribution in [3.63, 3.8) is 0 Å². The van der Waals surface area contributed by atoms with Crippen molar-refractivity contribution in [1.29, 1.82) is 0 Å². The van der Waals surface area contributed by atoms with Gasteiger partial charge in [0.15, 0.2) is 5.92 Å². The Hall–Kier alpha value is -2.62. The van der Waals surface area contributed by atoms with Gasteiger partial charge in [0.2, 0.25) is 5.91 Å². The van der Waals surface area contributed by atoms with Gasteiger partial charge in [0.1, 0.15) is 0 Å². The van der Waals surface area contributed by atoms with E-state index in [9.17, 15) is 9.59 Å². The predicted molar refractivity (Wildman–Crippen MR) is 104 cm³/mol. The molecule has 2 aromatic carbocycles. The normalized spacial score (nSPS) is 12.1. The first-order valence-electron chi connectivity index (χ1n) is 8.93. The van der Waals surface area contributed by atoms with Crippen molar-refractivity contribution >= 4 is 17.6 Å². The Morgan fingerprint density at radius 2 is 1.38 bits per heavy atom. The SMILES string of the molecule is COC(=O)C(C(=O)Nc1c(C(C)C)cccc1C(C)C)c1ccccc1. The highest BCUT2D eigenvalue weighted by molar-refractivity contribution is 6.10. The molecule has 1 amide bonds. The summed E-state index contributed by atoms with van der Waals surface area (Å²) in [5.74, 6) is -1.45. The van der Waals surface area contributed by atoms with E-state index in [2.05, 4.69) is 33.0 Å². The fourth-order valence-electron chi connectivity index (χ4n) is 3.05. The van der Waals surface area contributed by atoms with E-state index in [0.717, 1.165) is 16.8 Å². The molecule has 1 N–H and O–H groups in total. The Kier molecular flexibility index (Phi) is 6.56. The Labute approximate surface area is 155 Å². The van der Waals surface area contributed by atoms with Gasteiger partial charge in [-0.2, -0.15) is 0 Å². The van der Waals surface area contributed by atoms with Gasteiger partial charge in [-0.25, -0.2) is 0 Å². The van der Waals surface area contributed by atoms with Crippen LogP contribution in [-0.2, 0) is 14.3 Å². The van der Waals surface area contributed by atoms with Crippen LogP contribution in [0, 0.1) is 0 Å². The van der Waals surface area contributed by atoms with E-state index in [1.807, 2.05) is 24.3 Å². The minimum atomic E-state index is -0.999. The number of methoxy groups -OCH3 is 1. The summed E-state index contributed by atoms with van der Waals surface area (Å²) < 4.78 is 4.88. The molecule has 0 bridgehead atoms. The topological polar surface area (TPSA) is 55.4 Å². The maximum absolute atomic E-state index is 13.1. The molecule has 1 unspecified atom stereocenters. The second kappa shape index (κ2) is 8.65. The fraction of sp³-hybridized carbons (Fsp3) is 0.364. The molecule has 0 radical (unpaired) electrons. The molecule has 2 rings (SSSR count). The largest absolute Gasteiger partial charge is 0.468 e. The molecule has 0 spiro atoms. The number of nitrogens with one attached hydrogen (secondary N) is 1. The zero-order chi connectivity index (χ0) is 19.3. The summed E-state index contributed by atoms with van der Waals surface area (Å²) in [4.78, 5) is 25.3. The molecule has 138 valence electrons. The van der Waals surface area contributed by atoms with Gasteiger partial charge in [-0.15, -0.1) is 0 Å². The molecule has 0 heterocycles. The number of hydrogen-bond donors (Lipinski definition) is 1. The Morgan fingerprint density at radius 1 is 0.846 bits per heavy atom. The molecule has 0 aromatic heterocycles. The quantitative estimate of drug-likeness (QED) is 0.598. The third-order valence-corrected chi connectivity index (χ3v) is 4.45. The molecule has 4 heteroatoms. The number of carbonyl (C=O) groups is 2. The summed E-state index contributed by atoms with van der Waals surface area (Å²) in [6.07, 6.45) is 0. The lowest BCUT2D eigenvalue weighted by Gasteiger charge is -2.22. The first-order chi connectivity index (χ1) is 12.4. The van der Waals surface area contributed by atoms with Crippen LogP contribution in [0.5, 0.6) is 0 Å². The van der Waals surface area contributed by atoms with E-state index in [1.54, 1.807) is 24.3 Å². The van der Waals surface area contributed by atoms with Gasteiger partial charge < -0.3 is 10.1 Å². The highest BCUT2D eigenvalue weighted by Gasteiger charge is 2.30. The number of benzene rings is 2. The van der Waals surface area contributed by atoms with Gasteiger partial charge in [0, 0.05) is 5.69 Å². The molecule has 0 aliphatic heterocycles. The van der Waals surface area contributed by atoms with E-state index in [1.165, 1.54) is 7.11 Å². The molecular formula is C22H27NO3. The number of esters is 1. The van der Waals surface area contributed by atoms with E-state index in [-0.39, 0.29) is 17.7 Å². The van der Waals surface area contributed by atoms with Crippen molar-refractivity contribution in [3.05, 3.63) is 65.2 Å². The molecule has 26 heavy (non-hydrogen) atoms. The zero-order valence-corrected chi connectivity index (χ0v) is 16.1. The van der Waals surface area contributed by atoms with Gasteiger partial charge in [0.25, 0.3) is 0 Å². The minimum Gasteiger partial charge on any atom is -0.468 e. The lowest BCUT2D eigenvalue weighted by Crippen LogP contribution is -2.29. The average Bonchev–Trinajstić information content (AvgIpc) is 2.62. The highest BCUT2D eigenvalue weighted by atomic mass is 16.5. The molecule has 1 atom stereocenters. The average molecular weight is 353 g/mol. The van der Waals surface area contributed by atoms with E-state index in [4.69, 9.17) is 4.74 Å². The molecule has 0 aliphatic rings. The molecule has 2 aromatic rings. The van der Waals surface area contributed by atoms with Gasteiger partial charge in [-0.05, 0) is 28.5 Å². The van der Waals surface area contributed by atoms with E-state index in [0.29, 0.717) is 5.56 Å². The summed E-state index contributed by atoms with van der Waals surface area (Å²) in [5.41, 5.74) is 3.53. The second-order valence-electron chi connectivity index (χ2n) is 6.98. The number of anilines is 1. The monoisotopic (exact) mass is 353 g/mol. The number of hydrogen-bond acceptors (Lipinski definition) is 3. The van der Waals surface area contributed by atoms with Gasteiger partial charge in [0.05, 0.1) is 7.11 Å². The zero-order valence-electron chi connectivity index (χ0n) is 16.1. The van der Waals surface area contributed by atoms with Crippen LogP contribution in [-0.4, -0.2) is 19.0 Å². The fourth-order valence-corrected chi connectivity index (χ4v) is 3.05. The van der Waals surface area contributed by atoms with Crippen LogP contribution in [0.3, 0.4) is 0 Å². The smallest absolute Gasteiger partial charge is 0.322 e. The molecule has 0 aliphatic carbocycles. The molecule has 0 saturated carbocycles. The van der Waals surface area contributed by atoms with Crippen LogP contribution in [0.2, 0.25) is 0 Å². The lowest BCUT2D eigenvalue weighted by molar-refractivity contribution is -0.145. The molecular weight excluding hydrogens is 326 g/mol. The summed E-state index contributed by atoms with van der Waals surface area (Å²) in [7, 11) is 1.30. The molecule has 0 saturated heterocycles. The number of ether oxygens (including phenoxy) is 1. The highest BCUT2D eigenvalue weighted by Crippen LogP contribution is 2.33. The van der Waals surface area contributed by atoms with Crippen LogP contribution < -0.4 is 5.32 Å².